The first-order chi connectivity index (χ1) is 9.84. The zero-order valence-electron chi connectivity index (χ0n) is 13.3. The Bertz CT molecular complexity index is 402. The zero-order valence-corrected chi connectivity index (χ0v) is 13.3. The van der Waals surface area contributed by atoms with Crippen LogP contribution in [0.1, 0.15) is 59.3 Å². The van der Waals surface area contributed by atoms with Crippen molar-refractivity contribution in [3.63, 3.8) is 0 Å². The van der Waals surface area contributed by atoms with E-state index < -0.39 is 11.5 Å². The van der Waals surface area contributed by atoms with Crippen molar-refractivity contribution in [3.05, 3.63) is 0 Å². The molecule has 0 heterocycles. The van der Waals surface area contributed by atoms with Gasteiger partial charge in [-0.15, -0.1) is 0 Å². The topological polar surface area (TPSA) is 78.4 Å². The molecule has 2 saturated carbocycles. The first kappa shape index (κ1) is 16.1. The van der Waals surface area contributed by atoms with E-state index in [0.29, 0.717) is 30.6 Å². The SMILES string of the molecule is CC1CCC(NC(=O)NC2CCC(C)C2C)(C(=O)O)CC1. The van der Waals surface area contributed by atoms with E-state index in [-0.39, 0.29) is 12.1 Å². The number of carboxylic acids is 1. The van der Waals surface area contributed by atoms with Crippen molar-refractivity contribution >= 4 is 12.0 Å². The number of carbonyl (C=O) groups is 2. The molecular weight excluding hydrogens is 268 g/mol. The molecule has 2 amide bonds. The Kier molecular flexibility index (Phi) is 4.79. The van der Waals surface area contributed by atoms with Crippen molar-refractivity contribution in [2.75, 3.05) is 0 Å². The van der Waals surface area contributed by atoms with Gasteiger partial charge in [-0.1, -0.05) is 20.8 Å². The number of amides is 2. The summed E-state index contributed by atoms with van der Waals surface area (Å²) >= 11 is 0. The average Bonchev–Trinajstić information content (AvgIpc) is 2.73. The lowest BCUT2D eigenvalue weighted by Crippen LogP contribution is -2.59. The molecule has 0 saturated heterocycles. The minimum absolute atomic E-state index is 0.161. The van der Waals surface area contributed by atoms with Gasteiger partial charge < -0.3 is 15.7 Å². The molecule has 0 aromatic heterocycles. The Morgan fingerprint density at radius 3 is 2.14 bits per heavy atom. The molecule has 2 fully saturated rings. The van der Waals surface area contributed by atoms with Crippen LogP contribution in [0.4, 0.5) is 4.79 Å². The molecule has 5 nitrogen and oxygen atoms in total. The van der Waals surface area contributed by atoms with Gasteiger partial charge in [0.1, 0.15) is 5.54 Å². The number of aliphatic carboxylic acids is 1. The summed E-state index contributed by atoms with van der Waals surface area (Å²) in [5, 5.41) is 15.3. The van der Waals surface area contributed by atoms with Crippen LogP contribution in [0.5, 0.6) is 0 Å². The third kappa shape index (κ3) is 3.50. The van der Waals surface area contributed by atoms with E-state index >= 15 is 0 Å². The molecule has 0 spiro atoms. The number of rotatable bonds is 3. The van der Waals surface area contributed by atoms with E-state index in [1.807, 2.05) is 0 Å². The average molecular weight is 296 g/mol. The van der Waals surface area contributed by atoms with E-state index in [1.165, 1.54) is 0 Å². The second kappa shape index (κ2) is 6.24. The van der Waals surface area contributed by atoms with Gasteiger partial charge in [-0.05, 0) is 56.3 Å². The maximum Gasteiger partial charge on any atom is 0.329 e. The van der Waals surface area contributed by atoms with E-state index in [2.05, 4.69) is 31.4 Å². The van der Waals surface area contributed by atoms with E-state index in [9.17, 15) is 14.7 Å². The fraction of sp³-hybridized carbons (Fsp3) is 0.875. The third-order valence-electron chi connectivity index (χ3n) is 5.67. The second-order valence-electron chi connectivity index (χ2n) is 7.19. The number of nitrogens with one attached hydrogen (secondary N) is 2. The smallest absolute Gasteiger partial charge is 0.329 e. The molecule has 3 unspecified atom stereocenters. The van der Waals surface area contributed by atoms with Crippen LogP contribution >= 0.6 is 0 Å². The van der Waals surface area contributed by atoms with Crippen molar-refractivity contribution in [1.29, 1.82) is 0 Å². The molecule has 3 N–H and O–H groups in total. The Labute approximate surface area is 126 Å². The standard InChI is InChI=1S/C16H28N2O3/c1-10-6-8-16(9-7-10,14(19)20)18-15(21)17-13-5-4-11(2)12(13)3/h10-13H,4-9H2,1-3H3,(H,19,20)(H2,17,18,21). The number of carboxylic acid groups (broad SMARTS) is 1. The highest BCUT2D eigenvalue weighted by Gasteiger charge is 2.43. The van der Waals surface area contributed by atoms with Gasteiger partial charge in [0.2, 0.25) is 0 Å². The summed E-state index contributed by atoms with van der Waals surface area (Å²) in [5.41, 5.74) is -1.08. The Morgan fingerprint density at radius 2 is 1.67 bits per heavy atom. The molecule has 5 heteroatoms. The molecule has 2 rings (SSSR count). The van der Waals surface area contributed by atoms with Gasteiger partial charge in [-0.3, -0.25) is 0 Å². The molecule has 0 aromatic carbocycles. The highest BCUT2D eigenvalue weighted by atomic mass is 16.4. The fourth-order valence-electron chi connectivity index (χ4n) is 3.64. The van der Waals surface area contributed by atoms with Crippen LogP contribution in [-0.2, 0) is 4.79 Å². The molecule has 3 atom stereocenters. The molecule has 120 valence electrons. The number of hydrogen-bond donors (Lipinski definition) is 3. The zero-order chi connectivity index (χ0) is 15.6. The summed E-state index contributed by atoms with van der Waals surface area (Å²) in [4.78, 5) is 23.9. The van der Waals surface area contributed by atoms with Crippen LogP contribution in [0.2, 0.25) is 0 Å². The Morgan fingerprint density at radius 1 is 1.05 bits per heavy atom. The van der Waals surface area contributed by atoms with Crippen LogP contribution in [0.15, 0.2) is 0 Å². The summed E-state index contributed by atoms with van der Waals surface area (Å²) < 4.78 is 0. The Balaban J connectivity index is 1.95. The van der Waals surface area contributed by atoms with Gasteiger partial charge in [0.15, 0.2) is 0 Å². The lowest BCUT2D eigenvalue weighted by atomic mass is 9.77. The minimum Gasteiger partial charge on any atom is -0.480 e. The largest absolute Gasteiger partial charge is 0.480 e. The summed E-state index contributed by atoms with van der Waals surface area (Å²) in [6.45, 7) is 6.48. The first-order valence-corrected chi connectivity index (χ1v) is 8.16. The predicted molar refractivity (Wildman–Crippen MR) is 81.0 cm³/mol. The van der Waals surface area contributed by atoms with E-state index in [1.54, 1.807) is 0 Å². The predicted octanol–water partition coefficient (Wildman–Crippen LogP) is 2.75. The molecule has 0 bridgehead atoms. The second-order valence-corrected chi connectivity index (χ2v) is 7.19. The summed E-state index contributed by atoms with van der Waals surface area (Å²) in [7, 11) is 0. The van der Waals surface area contributed by atoms with Gasteiger partial charge in [0.25, 0.3) is 0 Å². The van der Waals surface area contributed by atoms with E-state index in [0.717, 1.165) is 25.7 Å². The van der Waals surface area contributed by atoms with Gasteiger partial charge in [0.05, 0.1) is 0 Å². The highest BCUT2D eigenvalue weighted by molar-refractivity contribution is 5.86. The van der Waals surface area contributed by atoms with Crippen molar-refractivity contribution in [1.82, 2.24) is 10.6 Å². The van der Waals surface area contributed by atoms with Gasteiger partial charge in [-0.2, -0.15) is 0 Å². The van der Waals surface area contributed by atoms with Crippen molar-refractivity contribution in [3.8, 4) is 0 Å². The number of hydrogen-bond acceptors (Lipinski definition) is 2. The minimum atomic E-state index is -1.08. The van der Waals surface area contributed by atoms with Crippen LogP contribution in [0.25, 0.3) is 0 Å². The van der Waals surface area contributed by atoms with Crippen molar-refractivity contribution in [2.45, 2.75) is 70.9 Å². The molecule has 2 aliphatic carbocycles. The summed E-state index contributed by atoms with van der Waals surface area (Å²) in [6.07, 6.45) is 4.84. The van der Waals surface area contributed by atoms with Crippen molar-refractivity contribution in [2.24, 2.45) is 17.8 Å². The molecule has 0 aromatic rings. The quantitative estimate of drug-likeness (QED) is 0.749. The Hall–Kier alpha value is -1.26. The normalized spacial score (nSPS) is 39.8. The van der Waals surface area contributed by atoms with Gasteiger partial charge in [-0.25, -0.2) is 9.59 Å². The maximum atomic E-state index is 12.2. The molecule has 0 radical (unpaired) electrons. The fourth-order valence-corrected chi connectivity index (χ4v) is 3.64. The monoisotopic (exact) mass is 296 g/mol. The molecule has 21 heavy (non-hydrogen) atoms. The van der Waals surface area contributed by atoms with Gasteiger partial charge >= 0.3 is 12.0 Å². The van der Waals surface area contributed by atoms with Crippen LogP contribution in [0, 0.1) is 17.8 Å². The first-order valence-electron chi connectivity index (χ1n) is 8.16. The highest BCUT2D eigenvalue weighted by Crippen LogP contribution is 2.33. The molecule has 2 aliphatic rings. The van der Waals surface area contributed by atoms with Crippen LogP contribution in [0.3, 0.4) is 0 Å². The number of carbonyl (C=O) groups excluding carboxylic acids is 1. The summed E-state index contributed by atoms with van der Waals surface area (Å²) in [5.74, 6) is 0.692. The lowest BCUT2D eigenvalue weighted by Gasteiger charge is -2.36. The van der Waals surface area contributed by atoms with Crippen LogP contribution in [-0.4, -0.2) is 28.7 Å². The lowest BCUT2D eigenvalue weighted by molar-refractivity contribution is -0.146. The van der Waals surface area contributed by atoms with E-state index in [4.69, 9.17) is 0 Å². The summed E-state index contributed by atoms with van der Waals surface area (Å²) in [6, 6.07) is -0.161. The maximum absolute atomic E-state index is 12.2. The van der Waals surface area contributed by atoms with Crippen molar-refractivity contribution < 1.29 is 14.7 Å². The van der Waals surface area contributed by atoms with Crippen LogP contribution < -0.4 is 10.6 Å². The third-order valence-corrected chi connectivity index (χ3v) is 5.67. The molecule has 0 aliphatic heterocycles. The van der Waals surface area contributed by atoms with Gasteiger partial charge in [0, 0.05) is 6.04 Å². The number of urea groups is 1. The molecular formula is C16H28N2O3.